The molecule has 2 heterocycles. The van der Waals surface area contributed by atoms with Crippen LogP contribution in [-0.2, 0) is 31.1 Å². The number of benzene rings is 1. The molecule has 0 bridgehead atoms. The molecule has 0 amide bonds. The summed E-state index contributed by atoms with van der Waals surface area (Å²) in [6.45, 7) is 2.90. The van der Waals surface area contributed by atoms with E-state index >= 15 is 0 Å². The van der Waals surface area contributed by atoms with Gasteiger partial charge in [0.1, 0.15) is 12.4 Å². The van der Waals surface area contributed by atoms with Crippen molar-refractivity contribution in [3.63, 3.8) is 0 Å². The van der Waals surface area contributed by atoms with Gasteiger partial charge in [-0.1, -0.05) is 13.0 Å². The first-order valence-corrected chi connectivity index (χ1v) is 14.0. The molecule has 1 aliphatic heterocycles. The molecular weight excluding hydrogens is 446 g/mol. The molecule has 1 fully saturated rings. The highest BCUT2D eigenvalue weighted by Crippen LogP contribution is 2.25. The monoisotopic (exact) mass is 473 g/mol. The molecule has 1 atom stereocenters. The van der Waals surface area contributed by atoms with Crippen LogP contribution in [0.2, 0.25) is 0 Å². The molecule has 0 saturated carbocycles. The lowest BCUT2D eigenvalue weighted by Crippen LogP contribution is -2.36. The maximum Gasteiger partial charge on any atom is 0.243 e. The Hall–Kier alpha value is -1.46. The van der Waals surface area contributed by atoms with E-state index in [1.54, 1.807) is 19.1 Å². The van der Waals surface area contributed by atoms with E-state index in [1.165, 1.54) is 27.8 Å². The van der Waals surface area contributed by atoms with E-state index in [1.807, 2.05) is 17.5 Å². The summed E-state index contributed by atoms with van der Waals surface area (Å²) in [5.74, 6) is 0.432. The fourth-order valence-electron chi connectivity index (χ4n) is 3.13. The summed E-state index contributed by atoms with van der Waals surface area (Å²) in [6.07, 6.45) is 1.70. The summed E-state index contributed by atoms with van der Waals surface area (Å²) in [6, 6.07) is 9.93. The van der Waals surface area contributed by atoms with Crippen molar-refractivity contribution in [2.75, 3.05) is 31.3 Å². The third kappa shape index (κ3) is 6.27. The first-order valence-electron chi connectivity index (χ1n) is 9.87. The van der Waals surface area contributed by atoms with Gasteiger partial charge in [-0.3, -0.25) is 0 Å². The van der Waals surface area contributed by atoms with Gasteiger partial charge < -0.3 is 9.47 Å². The maximum absolute atomic E-state index is 13.3. The minimum absolute atomic E-state index is 0.0335. The molecule has 1 aliphatic rings. The lowest BCUT2D eigenvalue weighted by atomic mass is 10.2. The Morgan fingerprint density at radius 1 is 1.17 bits per heavy atom. The summed E-state index contributed by atoms with van der Waals surface area (Å²) in [5, 5.41) is 1.93. The Morgan fingerprint density at radius 3 is 2.53 bits per heavy atom. The zero-order chi connectivity index (χ0) is 21.6. The van der Waals surface area contributed by atoms with Crippen LogP contribution in [0.15, 0.2) is 46.7 Å². The molecule has 1 aromatic carbocycles. The molecule has 0 N–H and O–H groups in total. The Labute approximate surface area is 182 Å². The Morgan fingerprint density at radius 2 is 1.93 bits per heavy atom. The smallest absolute Gasteiger partial charge is 0.243 e. The van der Waals surface area contributed by atoms with Crippen molar-refractivity contribution in [3.8, 4) is 5.75 Å². The van der Waals surface area contributed by atoms with Gasteiger partial charge >= 0.3 is 0 Å². The van der Waals surface area contributed by atoms with Gasteiger partial charge in [0.05, 0.1) is 16.8 Å². The van der Waals surface area contributed by atoms with Crippen LogP contribution in [0, 0.1) is 0 Å². The van der Waals surface area contributed by atoms with Crippen molar-refractivity contribution in [2.24, 2.45) is 0 Å². The van der Waals surface area contributed by atoms with Crippen LogP contribution in [0.5, 0.6) is 5.75 Å². The standard InChI is InChI=1S/C20H27NO6S3/c1-2-29(22,23)14-12-27-17-7-9-20(10-8-17)30(24,25)21(15-18-5-3-11-26-18)16-19-6-4-13-28-19/h4,6-10,13,18H,2-3,5,11-12,14-16H2,1H3. The second-order valence-corrected chi connectivity index (χ2v) is 12.5. The van der Waals surface area contributed by atoms with Gasteiger partial charge in [-0.25, -0.2) is 16.8 Å². The van der Waals surface area contributed by atoms with Crippen LogP contribution in [-0.4, -0.2) is 58.5 Å². The van der Waals surface area contributed by atoms with Crippen molar-refractivity contribution in [2.45, 2.75) is 37.3 Å². The van der Waals surface area contributed by atoms with Gasteiger partial charge in [0.15, 0.2) is 9.84 Å². The molecule has 1 aromatic heterocycles. The predicted octanol–water partition coefficient (Wildman–Crippen LogP) is 2.93. The van der Waals surface area contributed by atoms with E-state index in [4.69, 9.17) is 9.47 Å². The quantitative estimate of drug-likeness (QED) is 0.498. The van der Waals surface area contributed by atoms with Crippen molar-refractivity contribution < 1.29 is 26.3 Å². The fourth-order valence-corrected chi connectivity index (χ4v) is 6.00. The number of hydrogen-bond acceptors (Lipinski definition) is 7. The molecular formula is C20H27NO6S3. The second-order valence-electron chi connectivity index (χ2n) is 7.07. The first-order chi connectivity index (χ1) is 14.3. The van der Waals surface area contributed by atoms with E-state index in [0.29, 0.717) is 25.4 Å². The lowest BCUT2D eigenvalue weighted by Gasteiger charge is -2.24. The van der Waals surface area contributed by atoms with E-state index < -0.39 is 19.9 Å². The molecule has 0 spiro atoms. The van der Waals surface area contributed by atoms with E-state index in [9.17, 15) is 16.8 Å². The summed E-state index contributed by atoms with van der Waals surface area (Å²) in [5.41, 5.74) is 0. The normalized spacial score (nSPS) is 17.5. The van der Waals surface area contributed by atoms with Gasteiger partial charge in [0, 0.05) is 30.3 Å². The number of ether oxygens (including phenoxy) is 2. The second kappa shape index (κ2) is 10.2. The average molecular weight is 474 g/mol. The van der Waals surface area contributed by atoms with Crippen LogP contribution in [0.4, 0.5) is 0 Å². The van der Waals surface area contributed by atoms with Crippen LogP contribution < -0.4 is 4.74 Å². The fraction of sp³-hybridized carbons (Fsp3) is 0.500. The number of hydrogen-bond donors (Lipinski definition) is 0. The van der Waals surface area contributed by atoms with E-state index in [2.05, 4.69) is 0 Å². The molecule has 3 rings (SSSR count). The largest absolute Gasteiger partial charge is 0.493 e. The van der Waals surface area contributed by atoms with Crippen molar-refractivity contribution >= 4 is 31.2 Å². The topological polar surface area (TPSA) is 90.0 Å². The summed E-state index contributed by atoms with van der Waals surface area (Å²) >= 11 is 1.52. The van der Waals surface area contributed by atoms with Gasteiger partial charge in [0.25, 0.3) is 0 Å². The predicted molar refractivity (Wildman–Crippen MR) is 117 cm³/mol. The summed E-state index contributed by atoms with van der Waals surface area (Å²) in [7, 11) is -6.83. The Bertz CT molecular complexity index is 995. The number of nitrogens with zero attached hydrogens (tertiary/aromatic N) is 1. The van der Waals surface area contributed by atoms with Gasteiger partial charge in [0.2, 0.25) is 10.0 Å². The van der Waals surface area contributed by atoms with Crippen LogP contribution in [0.3, 0.4) is 0 Å². The lowest BCUT2D eigenvalue weighted by molar-refractivity contribution is 0.0927. The van der Waals surface area contributed by atoms with Crippen molar-refractivity contribution in [3.05, 3.63) is 46.7 Å². The number of rotatable bonds is 11. The minimum Gasteiger partial charge on any atom is -0.493 e. The molecule has 0 radical (unpaired) electrons. The van der Waals surface area contributed by atoms with Crippen molar-refractivity contribution in [1.29, 1.82) is 0 Å². The molecule has 10 heteroatoms. The molecule has 2 aromatic rings. The van der Waals surface area contributed by atoms with E-state index in [0.717, 1.165) is 17.7 Å². The molecule has 1 unspecified atom stereocenters. The van der Waals surface area contributed by atoms with Crippen LogP contribution in [0.1, 0.15) is 24.6 Å². The zero-order valence-electron chi connectivity index (χ0n) is 16.9. The number of sulfone groups is 1. The molecule has 1 saturated heterocycles. The van der Waals surface area contributed by atoms with Crippen molar-refractivity contribution in [1.82, 2.24) is 4.31 Å². The highest BCUT2D eigenvalue weighted by Gasteiger charge is 2.29. The van der Waals surface area contributed by atoms with Gasteiger partial charge in [-0.2, -0.15) is 4.31 Å². The molecule has 0 aliphatic carbocycles. The zero-order valence-corrected chi connectivity index (χ0v) is 19.3. The first kappa shape index (κ1) is 23.2. The molecule has 166 valence electrons. The highest BCUT2D eigenvalue weighted by atomic mass is 32.2. The SMILES string of the molecule is CCS(=O)(=O)CCOc1ccc(S(=O)(=O)N(Cc2cccs2)CC2CCCO2)cc1. The number of thiophene rings is 1. The summed E-state index contributed by atoms with van der Waals surface area (Å²) < 4.78 is 62.3. The van der Waals surface area contributed by atoms with E-state index in [-0.39, 0.29) is 29.1 Å². The Balaban J connectivity index is 1.71. The molecule has 7 nitrogen and oxygen atoms in total. The van der Waals surface area contributed by atoms with Gasteiger partial charge in [-0.05, 0) is 48.6 Å². The van der Waals surface area contributed by atoms with Gasteiger partial charge in [-0.15, -0.1) is 11.3 Å². The summed E-state index contributed by atoms with van der Waals surface area (Å²) in [4.78, 5) is 1.14. The third-order valence-corrected chi connectivity index (χ3v) is 9.26. The van der Waals surface area contributed by atoms with Crippen LogP contribution >= 0.6 is 11.3 Å². The maximum atomic E-state index is 13.3. The minimum atomic E-state index is -3.72. The third-order valence-electron chi connectivity index (χ3n) is 4.91. The van der Waals surface area contributed by atoms with Crippen LogP contribution in [0.25, 0.3) is 0 Å². The number of sulfonamides is 1. The highest BCUT2D eigenvalue weighted by molar-refractivity contribution is 7.91. The average Bonchev–Trinajstić information content (AvgIpc) is 3.42. The Kier molecular flexibility index (Phi) is 7.92. The molecule has 30 heavy (non-hydrogen) atoms.